The molecule has 0 heterocycles. The maximum Gasteiger partial charge on any atom is 0.240 e. The van der Waals surface area contributed by atoms with Gasteiger partial charge in [-0.15, -0.1) is 0 Å². The highest BCUT2D eigenvalue weighted by Crippen LogP contribution is 2.17. The van der Waals surface area contributed by atoms with Crippen molar-refractivity contribution in [2.45, 2.75) is 31.2 Å². The van der Waals surface area contributed by atoms with Crippen LogP contribution in [0.4, 0.5) is 0 Å². The summed E-state index contributed by atoms with van der Waals surface area (Å²) in [7, 11) is 0.433. The van der Waals surface area contributed by atoms with E-state index in [9.17, 15) is 8.42 Å². The zero-order valence-electron chi connectivity index (χ0n) is 14.8. The molecule has 0 aromatic heterocycles. The van der Waals surface area contributed by atoms with E-state index in [0.29, 0.717) is 11.4 Å². The number of benzene rings is 2. The van der Waals surface area contributed by atoms with Gasteiger partial charge in [0.05, 0.1) is 4.90 Å². The third kappa shape index (κ3) is 4.90. The maximum absolute atomic E-state index is 12.7. The quantitative estimate of drug-likeness (QED) is 0.839. The van der Waals surface area contributed by atoms with Gasteiger partial charge in [0, 0.05) is 12.6 Å². The Bertz CT molecular complexity index is 771. The highest BCUT2D eigenvalue weighted by Gasteiger charge is 2.20. The monoisotopic (exact) mass is 346 g/mol. The molecule has 0 saturated carbocycles. The third-order valence-electron chi connectivity index (χ3n) is 4.19. The van der Waals surface area contributed by atoms with Crippen LogP contribution in [-0.4, -0.2) is 40.0 Å². The molecule has 4 nitrogen and oxygen atoms in total. The standard InChI is InChI=1S/C19H26N2O2S/c1-15-10-11-16(2)19(12-15)24(22,23)20-14-18(21(3)4)13-17-8-6-5-7-9-17/h5-12,18,20H,13-14H2,1-4H3. The molecular weight excluding hydrogens is 320 g/mol. The lowest BCUT2D eigenvalue weighted by atomic mass is 10.1. The van der Waals surface area contributed by atoms with Crippen LogP contribution in [0.15, 0.2) is 53.4 Å². The fourth-order valence-corrected chi connectivity index (χ4v) is 4.00. The summed E-state index contributed by atoms with van der Waals surface area (Å²) in [5.41, 5.74) is 2.90. The number of nitrogens with one attached hydrogen (secondary N) is 1. The summed E-state index contributed by atoms with van der Waals surface area (Å²) in [5.74, 6) is 0. The summed E-state index contributed by atoms with van der Waals surface area (Å²) in [6.45, 7) is 4.09. The fourth-order valence-electron chi connectivity index (χ4n) is 2.60. The number of rotatable bonds is 7. The van der Waals surface area contributed by atoms with E-state index in [1.807, 2.05) is 58.3 Å². The van der Waals surface area contributed by atoms with Crippen LogP contribution >= 0.6 is 0 Å². The lowest BCUT2D eigenvalue weighted by Gasteiger charge is -2.25. The zero-order valence-corrected chi connectivity index (χ0v) is 15.6. The maximum atomic E-state index is 12.7. The van der Waals surface area contributed by atoms with E-state index in [1.165, 1.54) is 5.56 Å². The predicted octanol–water partition coefficient (Wildman–Crippen LogP) is 2.75. The van der Waals surface area contributed by atoms with Crippen molar-refractivity contribution in [1.82, 2.24) is 9.62 Å². The van der Waals surface area contributed by atoms with Crippen molar-refractivity contribution in [2.75, 3.05) is 20.6 Å². The first-order valence-corrected chi connectivity index (χ1v) is 9.55. The fraction of sp³-hybridized carbons (Fsp3) is 0.368. The molecule has 1 atom stereocenters. The molecule has 1 N–H and O–H groups in total. The van der Waals surface area contributed by atoms with E-state index in [2.05, 4.69) is 21.8 Å². The molecule has 0 fully saturated rings. The van der Waals surface area contributed by atoms with Crippen molar-refractivity contribution in [3.05, 3.63) is 65.2 Å². The van der Waals surface area contributed by atoms with Crippen LogP contribution in [0, 0.1) is 13.8 Å². The van der Waals surface area contributed by atoms with E-state index < -0.39 is 10.0 Å². The summed E-state index contributed by atoms with van der Waals surface area (Å²) in [4.78, 5) is 2.42. The second-order valence-corrected chi connectivity index (χ2v) is 8.16. The van der Waals surface area contributed by atoms with E-state index in [-0.39, 0.29) is 6.04 Å². The van der Waals surface area contributed by atoms with Crippen LogP contribution in [0.3, 0.4) is 0 Å². The van der Waals surface area contributed by atoms with Gasteiger partial charge < -0.3 is 4.90 Å². The van der Waals surface area contributed by atoms with Gasteiger partial charge in [0.1, 0.15) is 0 Å². The van der Waals surface area contributed by atoms with Gasteiger partial charge in [0.15, 0.2) is 0 Å². The van der Waals surface area contributed by atoms with Gasteiger partial charge in [-0.25, -0.2) is 13.1 Å². The second kappa shape index (κ2) is 7.92. The third-order valence-corrected chi connectivity index (χ3v) is 5.75. The Hall–Kier alpha value is -1.69. The van der Waals surface area contributed by atoms with Gasteiger partial charge in [0.2, 0.25) is 10.0 Å². The van der Waals surface area contributed by atoms with Crippen molar-refractivity contribution in [2.24, 2.45) is 0 Å². The van der Waals surface area contributed by atoms with Gasteiger partial charge in [-0.05, 0) is 57.1 Å². The average molecular weight is 346 g/mol. The van der Waals surface area contributed by atoms with Crippen molar-refractivity contribution in [3.8, 4) is 0 Å². The van der Waals surface area contributed by atoms with E-state index >= 15 is 0 Å². The molecule has 0 bridgehead atoms. The Balaban J connectivity index is 2.12. The second-order valence-electron chi connectivity index (χ2n) is 6.43. The van der Waals surface area contributed by atoms with Crippen molar-refractivity contribution in [1.29, 1.82) is 0 Å². The number of hydrogen-bond donors (Lipinski definition) is 1. The Morgan fingerprint density at radius 1 is 1.04 bits per heavy atom. The summed E-state index contributed by atoms with van der Waals surface area (Å²) in [5, 5.41) is 0. The van der Waals surface area contributed by atoms with Crippen LogP contribution in [0.1, 0.15) is 16.7 Å². The molecule has 0 amide bonds. The van der Waals surface area contributed by atoms with Crippen LogP contribution < -0.4 is 4.72 Å². The number of likely N-dealkylation sites (N-methyl/N-ethyl adjacent to an activating group) is 1. The minimum atomic E-state index is -3.51. The zero-order chi connectivity index (χ0) is 17.7. The normalized spacial score (nSPS) is 13.2. The van der Waals surface area contributed by atoms with Crippen LogP contribution in [0.5, 0.6) is 0 Å². The Labute approximate surface area is 145 Å². The SMILES string of the molecule is Cc1ccc(C)c(S(=O)(=O)NCC(Cc2ccccc2)N(C)C)c1. The van der Waals surface area contributed by atoms with Gasteiger partial charge in [0.25, 0.3) is 0 Å². The molecule has 2 rings (SSSR count). The van der Waals surface area contributed by atoms with E-state index in [4.69, 9.17) is 0 Å². The van der Waals surface area contributed by atoms with Gasteiger partial charge in [-0.1, -0.05) is 42.5 Å². The van der Waals surface area contributed by atoms with Crippen molar-refractivity contribution < 1.29 is 8.42 Å². The Morgan fingerprint density at radius 3 is 2.33 bits per heavy atom. The van der Waals surface area contributed by atoms with Crippen LogP contribution in [0.2, 0.25) is 0 Å². The lowest BCUT2D eigenvalue weighted by molar-refractivity contribution is 0.291. The summed E-state index contributed by atoms with van der Waals surface area (Å²) < 4.78 is 28.1. The van der Waals surface area contributed by atoms with Crippen molar-refractivity contribution >= 4 is 10.0 Å². The molecule has 0 aliphatic carbocycles. The number of hydrogen-bond acceptors (Lipinski definition) is 3. The smallest absolute Gasteiger partial charge is 0.240 e. The first kappa shape index (κ1) is 18.6. The van der Waals surface area contributed by atoms with E-state index in [0.717, 1.165) is 17.5 Å². The number of aryl methyl sites for hydroxylation is 2. The molecule has 0 aliphatic heterocycles. The number of sulfonamides is 1. The van der Waals surface area contributed by atoms with Gasteiger partial charge in [-0.3, -0.25) is 0 Å². The molecule has 5 heteroatoms. The predicted molar refractivity (Wildman–Crippen MR) is 98.7 cm³/mol. The molecular formula is C19H26N2O2S. The van der Waals surface area contributed by atoms with Gasteiger partial charge in [-0.2, -0.15) is 0 Å². The Kier molecular flexibility index (Phi) is 6.15. The largest absolute Gasteiger partial charge is 0.305 e. The Morgan fingerprint density at radius 2 is 1.71 bits per heavy atom. The lowest BCUT2D eigenvalue weighted by Crippen LogP contribution is -2.41. The molecule has 130 valence electrons. The molecule has 2 aromatic rings. The molecule has 2 aromatic carbocycles. The minimum Gasteiger partial charge on any atom is -0.305 e. The highest BCUT2D eigenvalue weighted by molar-refractivity contribution is 7.89. The summed E-state index contributed by atoms with van der Waals surface area (Å²) in [6.07, 6.45) is 0.795. The molecule has 0 saturated heterocycles. The van der Waals surface area contributed by atoms with Gasteiger partial charge >= 0.3 is 0 Å². The van der Waals surface area contributed by atoms with Crippen LogP contribution in [-0.2, 0) is 16.4 Å². The number of nitrogens with zero attached hydrogens (tertiary/aromatic N) is 1. The topological polar surface area (TPSA) is 49.4 Å². The molecule has 1 unspecified atom stereocenters. The van der Waals surface area contributed by atoms with Crippen molar-refractivity contribution in [3.63, 3.8) is 0 Å². The van der Waals surface area contributed by atoms with Crippen LogP contribution in [0.25, 0.3) is 0 Å². The minimum absolute atomic E-state index is 0.0901. The summed E-state index contributed by atoms with van der Waals surface area (Å²) >= 11 is 0. The highest BCUT2D eigenvalue weighted by atomic mass is 32.2. The molecule has 0 spiro atoms. The molecule has 0 aliphatic rings. The average Bonchev–Trinajstić information content (AvgIpc) is 2.54. The first-order chi connectivity index (χ1) is 11.3. The molecule has 24 heavy (non-hydrogen) atoms. The summed E-state index contributed by atoms with van der Waals surface area (Å²) in [6, 6.07) is 15.7. The van der Waals surface area contributed by atoms with E-state index in [1.54, 1.807) is 6.07 Å². The molecule has 0 radical (unpaired) electrons. The first-order valence-electron chi connectivity index (χ1n) is 8.07.